The Balaban J connectivity index is 0.000000350. The fourth-order valence-corrected chi connectivity index (χ4v) is 2.93. The van der Waals surface area contributed by atoms with Gasteiger partial charge in [0.05, 0.1) is 5.76 Å². The summed E-state index contributed by atoms with van der Waals surface area (Å²) in [6.45, 7) is 4.95. The molecule has 0 saturated carbocycles. The molecule has 4 nitrogen and oxygen atoms in total. The maximum atomic E-state index is 10.0. The number of ether oxygens (including phenoxy) is 1. The molecule has 0 aliphatic carbocycles. The Kier molecular flexibility index (Phi) is 8.28. The van der Waals surface area contributed by atoms with E-state index in [-0.39, 0.29) is 31.6 Å². The quantitative estimate of drug-likeness (QED) is 0.134. The number of fused-ring (bicyclic) bond motifs is 2. The van der Waals surface area contributed by atoms with Crippen molar-refractivity contribution >= 4 is 27.3 Å². The number of allylic oxidation sites excluding steroid dienone is 2. The van der Waals surface area contributed by atoms with E-state index in [4.69, 9.17) is 9.84 Å². The number of aromatic nitrogens is 1. The van der Waals surface area contributed by atoms with Gasteiger partial charge in [-0.1, -0.05) is 23.8 Å². The van der Waals surface area contributed by atoms with Crippen LogP contribution < -0.4 is 4.74 Å². The molecule has 0 aliphatic rings. The van der Waals surface area contributed by atoms with Crippen LogP contribution in [0.25, 0.3) is 21.5 Å². The van der Waals surface area contributed by atoms with Crippen LogP contribution in [0, 0.1) is 13.0 Å². The Hall–Kier alpha value is -3.01. The minimum absolute atomic E-state index is 0. The van der Waals surface area contributed by atoms with E-state index in [1.54, 1.807) is 6.20 Å². The third kappa shape index (κ3) is 6.24. The molecule has 30 heavy (non-hydrogen) atoms. The summed E-state index contributed by atoms with van der Waals surface area (Å²) < 4.78 is 5.90. The molecule has 0 bridgehead atoms. The molecule has 3 aromatic carbocycles. The Morgan fingerprint density at radius 1 is 1.03 bits per heavy atom. The molecule has 4 rings (SSSR count). The van der Waals surface area contributed by atoms with Gasteiger partial charge in [-0.15, -0.1) is 12.1 Å². The van der Waals surface area contributed by atoms with E-state index in [0.717, 1.165) is 10.8 Å². The van der Waals surface area contributed by atoms with Crippen LogP contribution in [0.3, 0.4) is 0 Å². The van der Waals surface area contributed by atoms with Crippen molar-refractivity contribution in [1.29, 1.82) is 0 Å². The number of hydrogen-bond acceptors (Lipinski definition) is 4. The van der Waals surface area contributed by atoms with E-state index in [0.29, 0.717) is 11.6 Å². The molecule has 155 valence electrons. The first-order valence-corrected chi connectivity index (χ1v) is 9.24. The van der Waals surface area contributed by atoms with Crippen molar-refractivity contribution in [3.63, 3.8) is 0 Å². The Morgan fingerprint density at radius 3 is 2.47 bits per heavy atom. The Bertz CT molecular complexity index is 1180. The average Bonchev–Trinajstić information content (AvgIpc) is 2.67. The summed E-state index contributed by atoms with van der Waals surface area (Å²) >= 11 is 0. The largest absolute Gasteiger partial charge is 0.512 e. The molecule has 0 atom stereocenters. The van der Waals surface area contributed by atoms with Crippen LogP contribution in [0.2, 0.25) is 0 Å². The molecular weight excluding hydrogens is 554 g/mol. The van der Waals surface area contributed by atoms with Crippen molar-refractivity contribution in [2.75, 3.05) is 0 Å². The van der Waals surface area contributed by atoms with Gasteiger partial charge in [-0.3, -0.25) is 4.79 Å². The predicted molar refractivity (Wildman–Crippen MR) is 116 cm³/mol. The number of carbonyl (C=O) groups excluding carboxylic acids is 1. The van der Waals surface area contributed by atoms with Crippen LogP contribution in [0.1, 0.15) is 19.4 Å². The molecule has 0 unspecified atom stereocenters. The summed E-state index contributed by atoms with van der Waals surface area (Å²) in [5.41, 5.74) is 1.25. The van der Waals surface area contributed by atoms with Crippen LogP contribution in [0.15, 0.2) is 78.7 Å². The summed E-state index contributed by atoms with van der Waals surface area (Å²) in [6, 6.07) is 23.4. The summed E-state index contributed by atoms with van der Waals surface area (Å²) in [6.07, 6.45) is 2.95. The van der Waals surface area contributed by atoms with Gasteiger partial charge in [-0.05, 0) is 55.1 Å². The number of carbonyl (C=O) groups is 1. The van der Waals surface area contributed by atoms with Gasteiger partial charge in [0.2, 0.25) is 5.88 Å². The first-order valence-electron chi connectivity index (χ1n) is 9.24. The number of aliphatic hydroxyl groups excluding tert-OH is 1. The third-order valence-electron chi connectivity index (χ3n) is 4.14. The van der Waals surface area contributed by atoms with Crippen LogP contribution in [-0.4, -0.2) is 15.9 Å². The molecule has 1 N–H and O–H groups in total. The Labute approximate surface area is 189 Å². The molecular formula is C25H22IrNO3-. The molecule has 0 fully saturated rings. The smallest absolute Gasteiger partial charge is 0.224 e. The fourth-order valence-electron chi connectivity index (χ4n) is 2.93. The number of para-hydroxylation sites is 1. The van der Waals surface area contributed by atoms with Crippen molar-refractivity contribution in [3.8, 4) is 11.6 Å². The maximum Gasteiger partial charge on any atom is 0.224 e. The first-order chi connectivity index (χ1) is 13.9. The van der Waals surface area contributed by atoms with Gasteiger partial charge in [0.15, 0.2) is 5.78 Å². The number of aliphatic hydroxyl groups is 1. The van der Waals surface area contributed by atoms with Crippen LogP contribution in [0.4, 0.5) is 0 Å². The molecule has 1 heterocycles. The van der Waals surface area contributed by atoms with E-state index in [9.17, 15) is 4.79 Å². The van der Waals surface area contributed by atoms with Crippen molar-refractivity contribution < 1.29 is 34.7 Å². The second-order valence-corrected chi connectivity index (χ2v) is 6.77. The number of hydrogen-bond donors (Lipinski definition) is 1. The van der Waals surface area contributed by atoms with Crippen molar-refractivity contribution in [2.45, 2.75) is 20.8 Å². The molecule has 0 spiro atoms. The molecule has 0 aliphatic heterocycles. The standard InChI is InChI=1S/C20H14NO.C5H8O2.Ir/c1-14-7-8-15-12-16-9-10-21-20(19(16)13-17(15)11-14)22-18-5-3-2-4-6-18;1-4(6)3-5(2)7;/h2-5,7-13H,1H3;3,6H,1-2H3;/q-1;;/b;4-3-;. The maximum absolute atomic E-state index is 10.0. The minimum Gasteiger partial charge on any atom is -0.512 e. The van der Waals surface area contributed by atoms with Gasteiger partial charge >= 0.3 is 0 Å². The van der Waals surface area contributed by atoms with Crippen molar-refractivity contribution in [2.24, 2.45) is 0 Å². The zero-order chi connectivity index (χ0) is 20.8. The van der Waals surface area contributed by atoms with E-state index in [2.05, 4.69) is 48.3 Å². The van der Waals surface area contributed by atoms with E-state index in [1.165, 1.54) is 36.3 Å². The second kappa shape index (κ2) is 10.7. The summed E-state index contributed by atoms with van der Waals surface area (Å²) in [4.78, 5) is 14.4. The number of aryl methyl sites for hydroxylation is 1. The van der Waals surface area contributed by atoms with Crippen LogP contribution in [0.5, 0.6) is 11.6 Å². The molecule has 5 heteroatoms. The zero-order valence-corrected chi connectivity index (χ0v) is 19.4. The summed E-state index contributed by atoms with van der Waals surface area (Å²) in [5.74, 6) is 1.22. The monoisotopic (exact) mass is 577 g/mol. The number of pyridine rings is 1. The van der Waals surface area contributed by atoms with Crippen LogP contribution in [-0.2, 0) is 24.9 Å². The second-order valence-electron chi connectivity index (χ2n) is 6.77. The van der Waals surface area contributed by atoms with Crippen molar-refractivity contribution in [3.05, 3.63) is 90.3 Å². The van der Waals surface area contributed by atoms with Gasteiger partial charge in [0.1, 0.15) is 0 Å². The molecule has 1 aromatic heterocycles. The van der Waals surface area contributed by atoms with Gasteiger partial charge < -0.3 is 9.84 Å². The van der Waals surface area contributed by atoms with Gasteiger partial charge in [-0.25, -0.2) is 4.98 Å². The van der Waals surface area contributed by atoms with E-state index < -0.39 is 0 Å². The van der Waals surface area contributed by atoms with E-state index >= 15 is 0 Å². The van der Waals surface area contributed by atoms with Crippen LogP contribution >= 0.6 is 0 Å². The third-order valence-corrected chi connectivity index (χ3v) is 4.14. The summed E-state index contributed by atoms with van der Waals surface area (Å²) in [5, 5.41) is 12.9. The molecule has 0 saturated heterocycles. The molecule has 1 radical (unpaired) electrons. The van der Waals surface area contributed by atoms with Gasteiger partial charge in [-0.2, -0.15) is 18.2 Å². The number of rotatable bonds is 3. The fraction of sp³-hybridized carbons (Fsp3) is 0.120. The van der Waals surface area contributed by atoms with Gasteiger partial charge in [0, 0.05) is 43.5 Å². The topological polar surface area (TPSA) is 59.4 Å². The average molecular weight is 577 g/mol. The SMILES string of the molecule is CC(=O)/C=C(/C)O.Cc1ccc2cc3ccnc(Oc4[c-]cccc4)c3cc2c1.[Ir]. The first kappa shape index (κ1) is 23.3. The van der Waals surface area contributed by atoms with Gasteiger partial charge in [0.25, 0.3) is 0 Å². The zero-order valence-electron chi connectivity index (χ0n) is 17.0. The molecule has 0 amide bonds. The van der Waals surface area contributed by atoms with E-state index in [1.807, 2.05) is 30.3 Å². The summed E-state index contributed by atoms with van der Waals surface area (Å²) in [7, 11) is 0. The predicted octanol–water partition coefficient (Wildman–Crippen LogP) is 6.32. The number of ketones is 1. The molecule has 4 aromatic rings. The van der Waals surface area contributed by atoms with Crippen molar-refractivity contribution in [1.82, 2.24) is 4.98 Å². The number of benzene rings is 3. The normalized spacial score (nSPS) is 10.7. The minimum atomic E-state index is -0.125. The number of nitrogens with zero attached hydrogens (tertiary/aromatic N) is 1. The Morgan fingerprint density at radius 2 is 1.83 bits per heavy atom.